The molecule has 0 spiro atoms. The Kier molecular flexibility index (Phi) is 3.65. The van der Waals surface area contributed by atoms with E-state index in [0.717, 1.165) is 37.4 Å². The van der Waals surface area contributed by atoms with E-state index < -0.39 is 0 Å². The summed E-state index contributed by atoms with van der Waals surface area (Å²) in [7, 11) is 0. The van der Waals surface area contributed by atoms with Crippen LogP contribution in [0.3, 0.4) is 0 Å². The summed E-state index contributed by atoms with van der Waals surface area (Å²) in [5.74, 6) is 2.96. The second-order valence-corrected chi connectivity index (χ2v) is 7.14. The molecule has 4 rings (SSSR count). The minimum atomic E-state index is 0.215. The summed E-state index contributed by atoms with van der Waals surface area (Å²) in [6.07, 6.45) is 8.68. The van der Waals surface area contributed by atoms with Crippen LogP contribution in [0.4, 0.5) is 0 Å². The topological polar surface area (TPSA) is 43.7 Å². The maximum Gasteiger partial charge on any atom is 0.0558 e. The van der Waals surface area contributed by atoms with E-state index >= 15 is 0 Å². The van der Waals surface area contributed by atoms with Gasteiger partial charge < -0.3 is 10.2 Å². The highest BCUT2D eigenvalue weighted by Gasteiger charge is 2.51. The Labute approximate surface area is 110 Å². The van der Waals surface area contributed by atoms with Gasteiger partial charge in [-0.15, -0.1) is 0 Å². The van der Waals surface area contributed by atoms with Crippen molar-refractivity contribution < 1.29 is 10.2 Å². The van der Waals surface area contributed by atoms with Crippen LogP contribution in [-0.2, 0) is 0 Å². The van der Waals surface area contributed by atoms with Crippen LogP contribution in [0.15, 0.2) is 0 Å². The van der Waals surface area contributed by atoms with Gasteiger partial charge in [-0.25, -0.2) is 0 Å². The van der Waals surface area contributed by atoms with Crippen molar-refractivity contribution in [2.45, 2.75) is 38.5 Å². The van der Waals surface area contributed by atoms with Crippen molar-refractivity contribution in [2.24, 2.45) is 23.2 Å². The second-order valence-electron chi connectivity index (χ2n) is 7.14. The zero-order chi connectivity index (χ0) is 12.6. The van der Waals surface area contributed by atoms with Crippen molar-refractivity contribution in [2.75, 3.05) is 32.8 Å². The van der Waals surface area contributed by atoms with Gasteiger partial charge in [0.15, 0.2) is 0 Å². The predicted molar refractivity (Wildman–Crippen MR) is 71.2 cm³/mol. The lowest BCUT2D eigenvalue weighted by Crippen LogP contribution is -2.51. The van der Waals surface area contributed by atoms with Gasteiger partial charge in [-0.2, -0.15) is 0 Å². The molecule has 0 aliphatic heterocycles. The summed E-state index contributed by atoms with van der Waals surface area (Å²) >= 11 is 0. The first kappa shape index (κ1) is 12.9. The molecule has 0 aromatic rings. The standard InChI is InChI=1S/C15H27NO2/c17-3-1-16(2-4-18)11-15-8-12-5-13(9-15)7-14(6-12)10-15/h12-14,17-18H,1-11H2. The lowest BCUT2D eigenvalue weighted by Gasteiger charge is -2.58. The number of rotatable bonds is 6. The summed E-state index contributed by atoms with van der Waals surface area (Å²) in [6, 6.07) is 0. The van der Waals surface area contributed by atoms with E-state index in [4.69, 9.17) is 10.2 Å². The maximum atomic E-state index is 9.15. The second kappa shape index (κ2) is 5.10. The van der Waals surface area contributed by atoms with Gasteiger partial charge in [-0.3, -0.25) is 4.90 Å². The molecular formula is C15H27NO2. The molecule has 0 radical (unpaired) electrons. The molecule has 0 heterocycles. The predicted octanol–water partition coefficient (Wildman–Crippen LogP) is 1.49. The maximum absolute atomic E-state index is 9.15. The quantitative estimate of drug-likeness (QED) is 0.754. The molecular weight excluding hydrogens is 226 g/mol. The minimum Gasteiger partial charge on any atom is -0.395 e. The van der Waals surface area contributed by atoms with Crippen molar-refractivity contribution in [1.29, 1.82) is 0 Å². The third-order valence-electron chi connectivity index (χ3n) is 5.56. The fourth-order valence-electron chi connectivity index (χ4n) is 5.51. The minimum absolute atomic E-state index is 0.215. The fourth-order valence-corrected chi connectivity index (χ4v) is 5.51. The van der Waals surface area contributed by atoms with Crippen LogP contribution < -0.4 is 0 Å². The number of aliphatic hydroxyl groups is 2. The molecule has 104 valence electrons. The van der Waals surface area contributed by atoms with E-state index in [9.17, 15) is 0 Å². The average Bonchev–Trinajstić information content (AvgIpc) is 2.26. The van der Waals surface area contributed by atoms with Gasteiger partial charge in [0.05, 0.1) is 13.2 Å². The summed E-state index contributed by atoms with van der Waals surface area (Å²) in [5.41, 5.74) is 0.527. The van der Waals surface area contributed by atoms with Gasteiger partial charge in [-0.1, -0.05) is 0 Å². The highest BCUT2D eigenvalue weighted by molar-refractivity contribution is 5.02. The van der Waals surface area contributed by atoms with Crippen LogP contribution in [0.1, 0.15) is 38.5 Å². The molecule has 2 N–H and O–H groups in total. The molecule has 0 amide bonds. The SMILES string of the molecule is OCCN(CCO)CC12CC3CC(CC(C3)C1)C2. The molecule has 4 saturated carbocycles. The normalized spacial score (nSPS) is 41.8. The first-order valence-corrected chi connectivity index (χ1v) is 7.67. The van der Waals surface area contributed by atoms with Gasteiger partial charge in [0, 0.05) is 19.6 Å². The lowest BCUT2D eigenvalue weighted by molar-refractivity contribution is -0.0714. The van der Waals surface area contributed by atoms with Crippen LogP contribution in [0.5, 0.6) is 0 Å². The first-order valence-electron chi connectivity index (χ1n) is 7.67. The Morgan fingerprint density at radius 1 is 0.833 bits per heavy atom. The Bertz CT molecular complexity index is 251. The van der Waals surface area contributed by atoms with Crippen LogP contribution in [-0.4, -0.2) is 48.0 Å². The average molecular weight is 253 g/mol. The van der Waals surface area contributed by atoms with Crippen LogP contribution >= 0.6 is 0 Å². The first-order chi connectivity index (χ1) is 8.73. The lowest BCUT2D eigenvalue weighted by atomic mass is 9.49. The Hall–Kier alpha value is -0.120. The molecule has 4 fully saturated rings. The van der Waals surface area contributed by atoms with Crippen LogP contribution in [0.25, 0.3) is 0 Å². The highest BCUT2D eigenvalue weighted by Crippen LogP contribution is 2.60. The molecule has 0 aromatic heterocycles. The van der Waals surface area contributed by atoms with E-state index in [-0.39, 0.29) is 13.2 Å². The van der Waals surface area contributed by atoms with Crippen molar-refractivity contribution >= 4 is 0 Å². The number of nitrogens with zero attached hydrogens (tertiary/aromatic N) is 1. The van der Waals surface area contributed by atoms with Crippen molar-refractivity contribution in [3.8, 4) is 0 Å². The van der Waals surface area contributed by atoms with Gasteiger partial charge in [0.25, 0.3) is 0 Å². The molecule has 3 nitrogen and oxygen atoms in total. The Morgan fingerprint density at radius 3 is 1.67 bits per heavy atom. The largest absolute Gasteiger partial charge is 0.395 e. The van der Waals surface area contributed by atoms with Crippen molar-refractivity contribution in [1.82, 2.24) is 4.90 Å². The fraction of sp³-hybridized carbons (Fsp3) is 1.00. The highest BCUT2D eigenvalue weighted by atomic mass is 16.3. The molecule has 0 saturated heterocycles. The molecule has 4 bridgehead atoms. The van der Waals surface area contributed by atoms with E-state index in [2.05, 4.69) is 4.90 Å². The molecule has 0 unspecified atom stereocenters. The monoisotopic (exact) mass is 253 g/mol. The third-order valence-corrected chi connectivity index (χ3v) is 5.56. The van der Waals surface area contributed by atoms with Crippen LogP contribution in [0.2, 0.25) is 0 Å². The van der Waals surface area contributed by atoms with E-state index in [1.165, 1.54) is 38.5 Å². The Morgan fingerprint density at radius 2 is 1.28 bits per heavy atom. The molecule has 0 aromatic carbocycles. The van der Waals surface area contributed by atoms with Gasteiger partial charge >= 0.3 is 0 Å². The van der Waals surface area contributed by atoms with Gasteiger partial charge in [0.1, 0.15) is 0 Å². The van der Waals surface area contributed by atoms with E-state index in [1.54, 1.807) is 0 Å². The zero-order valence-electron chi connectivity index (χ0n) is 11.4. The summed E-state index contributed by atoms with van der Waals surface area (Å²) < 4.78 is 0. The van der Waals surface area contributed by atoms with E-state index in [0.29, 0.717) is 5.41 Å². The number of hydrogen-bond acceptors (Lipinski definition) is 3. The summed E-state index contributed by atoms with van der Waals surface area (Å²) in [4.78, 5) is 2.28. The molecule has 0 atom stereocenters. The molecule has 3 heteroatoms. The number of aliphatic hydroxyl groups excluding tert-OH is 2. The number of hydrogen-bond donors (Lipinski definition) is 2. The summed E-state index contributed by atoms with van der Waals surface area (Å²) in [5, 5.41) is 18.3. The third kappa shape index (κ3) is 2.45. The molecule has 4 aliphatic rings. The van der Waals surface area contributed by atoms with Gasteiger partial charge in [-0.05, 0) is 61.7 Å². The smallest absolute Gasteiger partial charge is 0.0558 e. The van der Waals surface area contributed by atoms with Crippen LogP contribution in [0, 0.1) is 23.2 Å². The molecule has 4 aliphatic carbocycles. The summed E-state index contributed by atoms with van der Waals surface area (Å²) in [6.45, 7) is 2.99. The van der Waals surface area contributed by atoms with Gasteiger partial charge in [0.2, 0.25) is 0 Å². The van der Waals surface area contributed by atoms with Crippen molar-refractivity contribution in [3.05, 3.63) is 0 Å². The zero-order valence-corrected chi connectivity index (χ0v) is 11.4. The molecule has 18 heavy (non-hydrogen) atoms. The Balaban J connectivity index is 1.67. The van der Waals surface area contributed by atoms with Crippen molar-refractivity contribution in [3.63, 3.8) is 0 Å². The van der Waals surface area contributed by atoms with E-state index in [1.807, 2.05) is 0 Å².